The van der Waals surface area contributed by atoms with Crippen LogP contribution in [0.4, 0.5) is 10.6 Å². The fourth-order valence-corrected chi connectivity index (χ4v) is 2.45. The zero-order valence-electron chi connectivity index (χ0n) is 12.7. The highest BCUT2D eigenvalue weighted by Gasteiger charge is 2.32. The van der Waals surface area contributed by atoms with Crippen LogP contribution in [0.1, 0.15) is 51.8 Å². The van der Waals surface area contributed by atoms with Crippen molar-refractivity contribution in [3.05, 3.63) is 11.8 Å². The van der Waals surface area contributed by atoms with Crippen LogP contribution < -0.4 is 5.73 Å². The number of piperidine rings is 1. The van der Waals surface area contributed by atoms with E-state index in [4.69, 9.17) is 10.5 Å². The molecule has 1 aromatic heterocycles. The molecule has 1 aliphatic rings. The number of likely N-dealkylation sites (tertiary alicyclic amines) is 1. The number of aryl methyl sites for hydroxylation is 1. The van der Waals surface area contributed by atoms with Crippen molar-refractivity contribution in [2.75, 3.05) is 12.3 Å². The molecule has 0 radical (unpaired) electrons. The van der Waals surface area contributed by atoms with Crippen molar-refractivity contribution in [1.82, 2.24) is 14.7 Å². The molecule has 0 aliphatic carbocycles. The van der Waals surface area contributed by atoms with Gasteiger partial charge >= 0.3 is 6.09 Å². The van der Waals surface area contributed by atoms with Crippen molar-refractivity contribution in [2.45, 2.75) is 51.7 Å². The summed E-state index contributed by atoms with van der Waals surface area (Å²) in [7, 11) is 1.81. The van der Waals surface area contributed by atoms with E-state index in [-0.39, 0.29) is 12.1 Å². The molecule has 112 valence electrons. The maximum atomic E-state index is 12.3. The van der Waals surface area contributed by atoms with Gasteiger partial charge in [-0.15, -0.1) is 0 Å². The average Bonchev–Trinajstić information content (AvgIpc) is 2.67. The number of carbonyl (C=O) groups excluding carboxylic acids is 1. The number of aromatic nitrogens is 2. The zero-order valence-corrected chi connectivity index (χ0v) is 12.7. The second-order valence-electron chi connectivity index (χ2n) is 6.30. The lowest BCUT2D eigenvalue weighted by molar-refractivity contribution is 0.00894. The molecule has 6 heteroatoms. The molecule has 0 spiro atoms. The smallest absolute Gasteiger partial charge is 0.410 e. The van der Waals surface area contributed by atoms with E-state index in [0.29, 0.717) is 12.4 Å². The SMILES string of the molecule is Cn1nc(C2CCCCN2C(=O)OC(C)(C)C)cc1N. The molecule has 6 nitrogen and oxygen atoms in total. The first-order valence-electron chi connectivity index (χ1n) is 7.07. The number of nitrogens with two attached hydrogens (primary N) is 1. The third-order valence-electron chi connectivity index (χ3n) is 3.41. The summed E-state index contributed by atoms with van der Waals surface area (Å²) in [6, 6.07) is 1.80. The Morgan fingerprint density at radius 2 is 2.15 bits per heavy atom. The van der Waals surface area contributed by atoms with Gasteiger partial charge in [-0.3, -0.25) is 9.58 Å². The molecule has 1 unspecified atom stereocenters. The van der Waals surface area contributed by atoms with E-state index < -0.39 is 5.60 Å². The minimum atomic E-state index is -0.484. The number of amides is 1. The van der Waals surface area contributed by atoms with Crippen molar-refractivity contribution in [1.29, 1.82) is 0 Å². The average molecular weight is 280 g/mol. The normalized spacial score (nSPS) is 20.0. The maximum absolute atomic E-state index is 12.3. The molecule has 0 bridgehead atoms. The van der Waals surface area contributed by atoms with Gasteiger partial charge in [0.1, 0.15) is 11.4 Å². The Hall–Kier alpha value is -1.72. The summed E-state index contributed by atoms with van der Waals surface area (Å²) in [5.74, 6) is 0.606. The van der Waals surface area contributed by atoms with Gasteiger partial charge in [0.05, 0.1) is 11.7 Å². The number of nitrogen functional groups attached to an aromatic ring is 1. The van der Waals surface area contributed by atoms with Crippen molar-refractivity contribution in [3.63, 3.8) is 0 Å². The summed E-state index contributed by atoms with van der Waals surface area (Å²) in [6.45, 7) is 6.34. The standard InChI is InChI=1S/C14H24N4O2/c1-14(2,3)20-13(19)18-8-6-5-7-11(18)10-9-12(15)17(4)16-10/h9,11H,5-8,15H2,1-4H3. The molecule has 0 aromatic carbocycles. The van der Waals surface area contributed by atoms with Crippen LogP contribution in [-0.2, 0) is 11.8 Å². The highest BCUT2D eigenvalue weighted by molar-refractivity contribution is 5.69. The monoisotopic (exact) mass is 280 g/mol. The molecular weight excluding hydrogens is 256 g/mol. The lowest BCUT2D eigenvalue weighted by Gasteiger charge is -2.35. The predicted molar refractivity (Wildman–Crippen MR) is 77.2 cm³/mol. The molecular formula is C14H24N4O2. The zero-order chi connectivity index (χ0) is 14.9. The third kappa shape index (κ3) is 3.23. The first kappa shape index (κ1) is 14.7. The topological polar surface area (TPSA) is 73.4 Å². The van der Waals surface area contributed by atoms with Crippen LogP contribution in [0, 0.1) is 0 Å². The van der Waals surface area contributed by atoms with Crippen LogP contribution in [0.5, 0.6) is 0 Å². The van der Waals surface area contributed by atoms with Gasteiger partial charge in [0.15, 0.2) is 0 Å². The van der Waals surface area contributed by atoms with E-state index in [1.807, 2.05) is 26.8 Å². The fourth-order valence-electron chi connectivity index (χ4n) is 2.45. The van der Waals surface area contributed by atoms with Crippen molar-refractivity contribution < 1.29 is 9.53 Å². The first-order valence-corrected chi connectivity index (χ1v) is 7.07. The van der Waals surface area contributed by atoms with Gasteiger partial charge in [0.2, 0.25) is 0 Å². The third-order valence-corrected chi connectivity index (χ3v) is 3.41. The van der Waals surface area contributed by atoms with E-state index in [1.54, 1.807) is 16.6 Å². The van der Waals surface area contributed by atoms with Crippen molar-refractivity contribution in [2.24, 2.45) is 7.05 Å². The molecule has 20 heavy (non-hydrogen) atoms. The van der Waals surface area contributed by atoms with Crippen LogP contribution in [0.15, 0.2) is 6.07 Å². The Morgan fingerprint density at radius 1 is 1.45 bits per heavy atom. The number of anilines is 1. The van der Waals surface area contributed by atoms with Gasteiger partial charge in [-0.2, -0.15) is 5.10 Å². The number of carbonyl (C=O) groups is 1. The van der Waals surface area contributed by atoms with Crippen molar-refractivity contribution in [3.8, 4) is 0 Å². The van der Waals surface area contributed by atoms with Crippen LogP contribution in [0.25, 0.3) is 0 Å². The van der Waals surface area contributed by atoms with Crippen LogP contribution in [0.2, 0.25) is 0 Å². The largest absolute Gasteiger partial charge is 0.444 e. The quantitative estimate of drug-likeness (QED) is 0.857. The Balaban J connectivity index is 2.19. The lowest BCUT2D eigenvalue weighted by Crippen LogP contribution is -2.42. The lowest BCUT2D eigenvalue weighted by atomic mass is 10.00. The summed E-state index contributed by atoms with van der Waals surface area (Å²) in [6.07, 6.45) is 2.71. The number of rotatable bonds is 1. The van der Waals surface area contributed by atoms with Crippen LogP contribution >= 0.6 is 0 Å². The minimum absolute atomic E-state index is 0.0397. The Bertz CT molecular complexity index is 470. The summed E-state index contributed by atoms with van der Waals surface area (Å²) in [5, 5.41) is 4.41. The van der Waals surface area contributed by atoms with E-state index in [9.17, 15) is 4.79 Å². The van der Waals surface area contributed by atoms with E-state index in [2.05, 4.69) is 5.10 Å². The predicted octanol–water partition coefficient (Wildman–Crippen LogP) is 2.46. The molecule has 2 rings (SSSR count). The van der Waals surface area contributed by atoms with Gasteiger partial charge in [0.25, 0.3) is 0 Å². The number of hydrogen-bond donors (Lipinski definition) is 1. The maximum Gasteiger partial charge on any atom is 0.410 e. The molecule has 2 N–H and O–H groups in total. The summed E-state index contributed by atoms with van der Waals surface area (Å²) < 4.78 is 7.12. The molecule has 1 aliphatic heterocycles. The van der Waals surface area contributed by atoms with Gasteiger partial charge in [0, 0.05) is 19.7 Å². The van der Waals surface area contributed by atoms with E-state index in [0.717, 1.165) is 25.0 Å². The highest BCUT2D eigenvalue weighted by atomic mass is 16.6. The molecule has 1 fully saturated rings. The second kappa shape index (κ2) is 5.34. The molecule has 1 amide bonds. The molecule has 0 saturated carbocycles. The van der Waals surface area contributed by atoms with Gasteiger partial charge < -0.3 is 10.5 Å². The Labute approximate surface area is 119 Å². The Kier molecular flexibility index (Phi) is 3.92. The van der Waals surface area contributed by atoms with Crippen LogP contribution in [0.3, 0.4) is 0 Å². The second-order valence-corrected chi connectivity index (χ2v) is 6.30. The van der Waals surface area contributed by atoms with E-state index >= 15 is 0 Å². The number of nitrogens with zero attached hydrogens (tertiary/aromatic N) is 3. The summed E-state index contributed by atoms with van der Waals surface area (Å²) in [4.78, 5) is 14.1. The Morgan fingerprint density at radius 3 is 2.70 bits per heavy atom. The van der Waals surface area contributed by atoms with Gasteiger partial charge in [-0.05, 0) is 40.0 Å². The number of ether oxygens (including phenoxy) is 1. The van der Waals surface area contributed by atoms with Gasteiger partial charge in [-0.1, -0.05) is 0 Å². The first-order chi connectivity index (χ1) is 9.28. The molecule has 1 aromatic rings. The van der Waals surface area contributed by atoms with E-state index in [1.165, 1.54) is 0 Å². The van der Waals surface area contributed by atoms with Gasteiger partial charge in [-0.25, -0.2) is 4.79 Å². The van der Waals surface area contributed by atoms with Crippen molar-refractivity contribution >= 4 is 11.9 Å². The highest BCUT2D eigenvalue weighted by Crippen LogP contribution is 2.32. The summed E-state index contributed by atoms with van der Waals surface area (Å²) in [5.41, 5.74) is 6.20. The van der Waals surface area contributed by atoms with Crippen LogP contribution in [-0.4, -0.2) is 32.9 Å². The minimum Gasteiger partial charge on any atom is -0.444 e. The molecule has 1 atom stereocenters. The molecule has 2 heterocycles. The fraction of sp³-hybridized carbons (Fsp3) is 0.714. The summed E-state index contributed by atoms with van der Waals surface area (Å²) >= 11 is 0. The number of hydrogen-bond acceptors (Lipinski definition) is 4. The molecule has 1 saturated heterocycles.